The summed E-state index contributed by atoms with van der Waals surface area (Å²) in [5, 5.41) is 0. The number of hydrogen-bond acceptors (Lipinski definition) is 4. The minimum Gasteiger partial charge on any atom is -0.453 e. The quantitative estimate of drug-likeness (QED) is 0.233. The molecule has 0 aromatic rings. The van der Waals surface area contributed by atoms with Gasteiger partial charge in [0, 0.05) is 0 Å². The lowest BCUT2D eigenvalue weighted by molar-refractivity contribution is -0.166. The first-order valence-corrected chi connectivity index (χ1v) is 8.36. The number of carbonyl (C=O) groups is 2. The van der Waals surface area contributed by atoms with Crippen LogP contribution in [0.3, 0.4) is 0 Å². The number of unbranched alkanes of at least 4 members (excludes halogenated alkanes) is 6. The van der Waals surface area contributed by atoms with Crippen molar-refractivity contribution in [2.75, 3.05) is 13.2 Å². The third kappa shape index (κ3) is 13.4. The van der Waals surface area contributed by atoms with Crippen molar-refractivity contribution in [3.63, 3.8) is 0 Å². The van der Waals surface area contributed by atoms with Crippen LogP contribution in [0.15, 0.2) is 24.3 Å². The number of ether oxygens (including phenoxy) is 2. The van der Waals surface area contributed by atoms with E-state index in [0.29, 0.717) is 0 Å². The Morgan fingerprint density at radius 1 is 0.682 bits per heavy atom. The first kappa shape index (κ1) is 20.4. The Morgan fingerprint density at radius 3 is 1.45 bits per heavy atom. The lowest BCUT2D eigenvalue weighted by Gasteiger charge is -2.01. The van der Waals surface area contributed by atoms with Crippen molar-refractivity contribution in [2.24, 2.45) is 0 Å². The van der Waals surface area contributed by atoms with Crippen molar-refractivity contribution in [2.45, 2.75) is 65.2 Å². The number of allylic oxidation sites excluding steroid dienone is 2. The van der Waals surface area contributed by atoms with Gasteiger partial charge in [0.05, 0.1) is 0 Å². The van der Waals surface area contributed by atoms with E-state index in [-0.39, 0.29) is 13.2 Å². The normalized spacial score (nSPS) is 11.2. The molecule has 0 rings (SSSR count). The van der Waals surface area contributed by atoms with Crippen LogP contribution in [0.1, 0.15) is 65.2 Å². The Hall–Kier alpha value is -1.58. The second-order valence-corrected chi connectivity index (χ2v) is 5.13. The second kappa shape index (κ2) is 15.8. The van der Waals surface area contributed by atoms with Gasteiger partial charge in [-0.25, -0.2) is 9.59 Å². The molecule has 0 aliphatic carbocycles. The molecule has 0 atom stereocenters. The van der Waals surface area contributed by atoms with Gasteiger partial charge in [0.15, 0.2) is 0 Å². The molecule has 0 aromatic carbocycles. The summed E-state index contributed by atoms with van der Waals surface area (Å²) in [7, 11) is 0. The molecule has 0 unspecified atom stereocenters. The SMILES string of the molecule is CCCCC/C=C/COC(=O)C(=O)OC/C=C/CCCCC. The topological polar surface area (TPSA) is 52.6 Å². The van der Waals surface area contributed by atoms with Crippen LogP contribution in [0, 0.1) is 0 Å². The summed E-state index contributed by atoms with van der Waals surface area (Å²) in [6, 6.07) is 0. The molecule has 0 saturated heterocycles. The van der Waals surface area contributed by atoms with Crippen LogP contribution in [0.4, 0.5) is 0 Å². The Balaban J connectivity index is 3.60. The molecule has 126 valence electrons. The summed E-state index contributed by atoms with van der Waals surface area (Å²) in [6.45, 7) is 4.54. The van der Waals surface area contributed by atoms with Gasteiger partial charge in [-0.2, -0.15) is 0 Å². The first-order valence-electron chi connectivity index (χ1n) is 8.36. The Morgan fingerprint density at radius 2 is 1.09 bits per heavy atom. The molecule has 0 saturated carbocycles. The zero-order valence-corrected chi connectivity index (χ0v) is 14.0. The molecule has 4 heteroatoms. The lowest BCUT2D eigenvalue weighted by Crippen LogP contribution is -2.20. The average molecular weight is 310 g/mol. The van der Waals surface area contributed by atoms with E-state index in [1.54, 1.807) is 12.2 Å². The first-order chi connectivity index (χ1) is 10.7. The van der Waals surface area contributed by atoms with Gasteiger partial charge in [0.25, 0.3) is 0 Å². The Kier molecular flexibility index (Phi) is 14.7. The summed E-state index contributed by atoms with van der Waals surface area (Å²) in [5.41, 5.74) is 0. The van der Waals surface area contributed by atoms with Crippen LogP contribution in [-0.2, 0) is 19.1 Å². The minimum absolute atomic E-state index is 0.118. The van der Waals surface area contributed by atoms with Crippen LogP contribution in [0.2, 0.25) is 0 Å². The van der Waals surface area contributed by atoms with E-state index >= 15 is 0 Å². The highest BCUT2D eigenvalue weighted by molar-refractivity contribution is 6.29. The molecular formula is C18H30O4. The fraction of sp³-hybridized carbons (Fsp3) is 0.667. The molecular weight excluding hydrogens is 280 g/mol. The van der Waals surface area contributed by atoms with Crippen molar-refractivity contribution in [1.82, 2.24) is 0 Å². The zero-order chi connectivity index (χ0) is 16.5. The monoisotopic (exact) mass is 310 g/mol. The van der Waals surface area contributed by atoms with Crippen LogP contribution in [0.25, 0.3) is 0 Å². The Bertz CT molecular complexity index is 311. The van der Waals surface area contributed by atoms with E-state index in [0.717, 1.165) is 25.7 Å². The van der Waals surface area contributed by atoms with Gasteiger partial charge in [0.1, 0.15) is 13.2 Å². The van der Waals surface area contributed by atoms with Gasteiger partial charge in [0.2, 0.25) is 0 Å². The lowest BCUT2D eigenvalue weighted by atomic mass is 10.2. The van der Waals surface area contributed by atoms with E-state index in [4.69, 9.17) is 9.47 Å². The maximum atomic E-state index is 11.3. The van der Waals surface area contributed by atoms with E-state index in [9.17, 15) is 9.59 Å². The highest BCUT2D eigenvalue weighted by Crippen LogP contribution is 2.00. The van der Waals surface area contributed by atoms with Gasteiger partial charge in [-0.05, 0) is 25.7 Å². The number of carbonyl (C=O) groups excluding carboxylic acids is 2. The molecule has 0 fully saturated rings. The summed E-state index contributed by atoms with van der Waals surface area (Å²) < 4.78 is 9.59. The van der Waals surface area contributed by atoms with Gasteiger partial charge in [-0.15, -0.1) is 0 Å². The van der Waals surface area contributed by atoms with Crippen molar-refractivity contribution in [3.8, 4) is 0 Å². The second-order valence-electron chi connectivity index (χ2n) is 5.13. The van der Waals surface area contributed by atoms with Crippen LogP contribution < -0.4 is 0 Å². The maximum absolute atomic E-state index is 11.3. The van der Waals surface area contributed by atoms with Crippen LogP contribution >= 0.6 is 0 Å². The molecule has 0 bridgehead atoms. The van der Waals surface area contributed by atoms with Crippen molar-refractivity contribution in [3.05, 3.63) is 24.3 Å². The molecule has 0 N–H and O–H groups in total. The summed E-state index contributed by atoms with van der Waals surface area (Å²) >= 11 is 0. The molecule has 0 radical (unpaired) electrons. The highest BCUT2D eigenvalue weighted by Gasteiger charge is 2.15. The highest BCUT2D eigenvalue weighted by atomic mass is 16.6. The van der Waals surface area contributed by atoms with Gasteiger partial charge >= 0.3 is 11.9 Å². The number of hydrogen-bond donors (Lipinski definition) is 0. The molecule has 0 aromatic heterocycles. The van der Waals surface area contributed by atoms with Crippen LogP contribution in [0.5, 0.6) is 0 Å². The predicted octanol–water partition coefficient (Wildman–Crippen LogP) is 4.35. The molecule has 0 heterocycles. The maximum Gasteiger partial charge on any atom is 0.417 e. The van der Waals surface area contributed by atoms with E-state index in [2.05, 4.69) is 13.8 Å². The van der Waals surface area contributed by atoms with Gasteiger partial charge < -0.3 is 9.47 Å². The third-order valence-electron chi connectivity index (χ3n) is 3.07. The van der Waals surface area contributed by atoms with Gasteiger partial charge in [-0.3, -0.25) is 0 Å². The molecule has 0 aliphatic rings. The zero-order valence-electron chi connectivity index (χ0n) is 14.0. The van der Waals surface area contributed by atoms with Crippen LogP contribution in [-0.4, -0.2) is 25.2 Å². The number of esters is 2. The average Bonchev–Trinajstić information content (AvgIpc) is 2.52. The predicted molar refractivity (Wildman–Crippen MR) is 88.5 cm³/mol. The third-order valence-corrected chi connectivity index (χ3v) is 3.07. The standard InChI is InChI=1S/C18H30O4/c1-3-5-7-9-11-13-15-21-17(19)18(20)22-16-14-12-10-8-6-4-2/h11-14H,3-10,15-16H2,1-2H3/b13-11+,14-12+. The smallest absolute Gasteiger partial charge is 0.417 e. The summed E-state index contributed by atoms with van der Waals surface area (Å²) in [5.74, 6) is -1.87. The van der Waals surface area contributed by atoms with Crippen molar-refractivity contribution >= 4 is 11.9 Å². The Labute approximate surface area is 134 Å². The molecule has 0 spiro atoms. The fourth-order valence-corrected chi connectivity index (χ4v) is 1.76. The largest absolute Gasteiger partial charge is 0.453 e. The summed E-state index contributed by atoms with van der Waals surface area (Å²) in [4.78, 5) is 22.7. The minimum atomic E-state index is -0.933. The molecule has 0 aliphatic heterocycles. The van der Waals surface area contributed by atoms with Crippen molar-refractivity contribution < 1.29 is 19.1 Å². The van der Waals surface area contributed by atoms with E-state index in [1.807, 2.05) is 12.2 Å². The fourth-order valence-electron chi connectivity index (χ4n) is 1.76. The molecule has 22 heavy (non-hydrogen) atoms. The molecule has 4 nitrogen and oxygen atoms in total. The molecule has 0 amide bonds. The van der Waals surface area contributed by atoms with E-state index in [1.165, 1.54) is 25.7 Å². The van der Waals surface area contributed by atoms with Gasteiger partial charge in [-0.1, -0.05) is 63.8 Å². The number of rotatable bonds is 12. The van der Waals surface area contributed by atoms with E-state index < -0.39 is 11.9 Å². The van der Waals surface area contributed by atoms with Crippen molar-refractivity contribution in [1.29, 1.82) is 0 Å². The summed E-state index contributed by atoms with van der Waals surface area (Å²) in [6.07, 6.45) is 16.4.